The van der Waals surface area contributed by atoms with Gasteiger partial charge in [0, 0.05) is 0 Å². The van der Waals surface area contributed by atoms with Gasteiger partial charge in [-0.15, -0.1) is 0 Å². The summed E-state index contributed by atoms with van der Waals surface area (Å²) in [5, 5.41) is 16.4. The van der Waals surface area contributed by atoms with Gasteiger partial charge in [-0.25, -0.2) is 19.2 Å². The monoisotopic (exact) mass is 360 g/mol. The first-order valence-corrected chi connectivity index (χ1v) is 7.28. The highest BCUT2D eigenvalue weighted by molar-refractivity contribution is 6.28. The fraction of sp³-hybridized carbons (Fsp3) is 0.111. The molecule has 8 heteroatoms. The van der Waals surface area contributed by atoms with Crippen LogP contribution in [0.25, 0.3) is 0 Å². The molecule has 26 heavy (non-hydrogen) atoms. The Balaban J connectivity index is 0.000000260. The molecule has 0 aliphatic carbocycles. The van der Waals surface area contributed by atoms with Crippen molar-refractivity contribution >= 4 is 23.9 Å². The van der Waals surface area contributed by atoms with E-state index in [0.717, 1.165) is 11.1 Å². The van der Waals surface area contributed by atoms with E-state index >= 15 is 0 Å². The highest BCUT2D eigenvalue weighted by Crippen LogP contribution is 2.01. The van der Waals surface area contributed by atoms with Crippen molar-refractivity contribution in [3.63, 3.8) is 0 Å². The number of rotatable bonds is 4. The number of carbonyl (C=O) groups is 4. The maximum atomic E-state index is 10.5. The number of aliphatic carboxylic acids is 2. The maximum absolute atomic E-state index is 10.5. The predicted octanol–water partition coefficient (Wildman–Crippen LogP) is 1.63. The molecule has 2 aromatic rings. The molecular weight excluding hydrogens is 344 g/mol. The molecule has 0 aromatic heterocycles. The Bertz CT molecular complexity index is 675. The molecule has 0 spiro atoms. The lowest BCUT2D eigenvalue weighted by atomic mass is 10.2. The lowest BCUT2D eigenvalue weighted by Gasteiger charge is -2.00. The number of benzene rings is 2. The molecule has 0 saturated heterocycles. The summed E-state index contributed by atoms with van der Waals surface area (Å²) in [5.74, 6) is -5.61. The van der Waals surface area contributed by atoms with Gasteiger partial charge >= 0.3 is 23.9 Å². The number of carbonyl (C=O) groups excluding carboxylic acids is 2. The molecule has 0 heterocycles. The third kappa shape index (κ3) is 8.25. The molecule has 2 aromatic carbocycles. The van der Waals surface area contributed by atoms with E-state index in [4.69, 9.17) is 10.2 Å². The summed E-state index contributed by atoms with van der Waals surface area (Å²) >= 11 is 0. The van der Waals surface area contributed by atoms with Crippen molar-refractivity contribution in [2.75, 3.05) is 0 Å². The highest BCUT2D eigenvalue weighted by Gasteiger charge is 2.12. The van der Waals surface area contributed by atoms with E-state index in [1.54, 1.807) is 48.5 Å². The highest BCUT2D eigenvalue weighted by atomic mass is 16.6. The summed E-state index contributed by atoms with van der Waals surface area (Å²) in [4.78, 5) is 41.1. The fourth-order valence-electron chi connectivity index (χ4n) is 1.57. The van der Waals surface area contributed by atoms with E-state index in [0.29, 0.717) is 0 Å². The molecule has 0 atom stereocenters. The van der Waals surface area contributed by atoms with E-state index in [-0.39, 0.29) is 13.2 Å². The van der Waals surface area contributed by atoms with Crippen molar-refractivity contribution < 1.29 is 38.9 Å². The van der Waals surface area contributed by atoms with Crippen LogP contribution in [0.2, 0.25) is 0 Å². The Morgan fingerprint density at radius 1 is 0.615 bits per heavy atom. The standard InChI is InChI=1S/2C9H8O4/c2*10-8(11)9(12)13-6-7-4-2-1-3-5-7/h2*1-5H,6H2,(H,10,11). The summed E-state index contributed by atoms with van der Waals surface area (Å²) in [7, 11) is 0. The van der Waals surface area contributed by atoms with Crippen LogP contribution in [0.3, 0.4) is 0 Å². The van der Waals surface area contributed by atoms with E-state index in [2.05, 4.69) is 9.47 Å². The van der Waals surface area contributed by atoms with Crippen LogP contribution in [0, 0.1) is 0 Å². The summed E-state index contributed by atoms with van der Waals surface area (Å²) in [6.07, 6.45) is 0. The number of hydrogen-bond acceptors (Lipinski definition) is 6. The van der Waals surface area contributed by atoms with Crippen molar-refractivity contribution in [1.29, 1.82) is 0 Å². The predicted molar refractivity (Wildman–Crippen MR) is 87.7 cm³/mol. The normalized spacial score (nSPS) is 9.23. The second kappa shape index (κ2) is 11.0. The quantitative estimate of drug-likeness (QED) is 0.622. The number of hydrogen-bond donors (Lipinski definition) is 2. The van der Waals surface area contributed by atoms with Crippen LogP contribution in [-0.2, 0) is 41.9 Å². The van der Waals surface area contributed by atoms with E-state index in [9.17, 15) is 19.2 Å². The average Bonchev–Trinajstić information content (AvgIpc) is 2.66. The minimum absolute atomic E-state index is 0.00796. The zero-order chi connectivity index (χ0) is 19.4. The summed E-state index contributed by atoms with van der Waals surface area (Å²) < 4.78 is 8.90. The zero-order valence-electron chi connectivity index (χ0n) is 13.5. The minimum Gasteiger partial charge on any atom is -0.473 e. The van der Waals surface area contributed by atoms with Gasteiger partial charge < -0.3 is 19.7 Å². The van der Waals surface area contributed by atoms with Gasteiger partial charge in [0.25, 0.3) is 0 Å². The Kier molecular flexibility index (Phi) is 8.60. The third-order valence-electron chi connectivity index (χ3n) is 2.77. The molecule has 2 N–H and O–H groups in total. The van der Waals surface area contributed by atoms with Crippen LogP contribution < -0.4 is 0 Å². The first-order chi connectivity index (χ1) is 12.4. The van der Waals surface area contributed by atoms with Gasteiger partial charge in [-0.3, -0.25) is 0 Å². The van der Waals surface area contributed by atoms with Crippen molar-refractivity contribution in [2.24, 2.45) is 0 Å². The molecule has 0 saturated carbocycles. The summed E-state index contributed by atoms with van der Waals surface area (Å²) in [6, 6.07) is 17.8. The first-order valence-electron chi connectivity index (χ1n) is 7.28. The Morgan fingerprint density at radius 2 is 0.923 bits per heavy atom. The van der Waals surface area contributed by atoms with Crippen molar-refractivity contribution in [2.45, 2.75) is 13.2 Å². The van der Waals surface area contributed by atoms with Crippen LogP contribution in [0.4, 0.5) is 0 Å². The first kappa shape index (κ1) is 20.4. The zero-order valence-corrected chi connectivity index (χ0v) is 13.5. The molecule has 2 rings (SSSR count). The number of esters is 2. The molecule has 0 bridgehead atoms. The second-order valence-corrected chi connectivity index (χ2v) is 4.73. The Hall–Kier alpha value is -3.68. The van der Waals surface area contributed by atoms with Crippen LogP contribution in [0.1, 0.15) is 11.1 Å². The molecule has 0 aliphatic rings. The van der Waals surface area contributed by atoms with Gasteiger partial charge in [0.2, 0.25) is 0 Å². The lowest BCUT2D eigenvalue weighted by Crippen LogP contribution is -2.15. The number of ether oxygens (including phenoxy) is 2. The molecule has 136 valence electrons. The van der Waals surface area contributed by atoms with Crippen LogP contribution in [-0.4, -0.2) is 34.1 Å². The average molecular weight is 360 g/mol. The molecular formula is C18H16O8. The number of carboxylic acids is 2. The molecule has 0 unspecified atom stereocenters. The summed E-state index contributed by atoms with van der Waals surface area (Å²) in [5.41, 5.74) is 1.52. The molecule has 0 aliphatic heterocycles. The maximum Gasteiger partial charge on any atom is 0.417 e. The van der Waals surface area contributed by atoms with Crippen LogP contribution >= 0.6 is 0 Å². The smallest absolute Gasteiger partial charge is 0.417 e. The van der Waals surface area contributed by atoms with Gasteiger partial charge in [0.1, 0.15) is 13.2 Å². The van der Waals surface area contributed by atoms with Crippen molar-refractivity contribution in [3.8, 4) is 0 Å². The van der Waals surface area contributed by atoms with E-state index in [1.807, 2.05) is 12.1 Å². The SMILES string of the molecule is O=C(O)C(=O)OCc1ccccc1.O=C(O)C(=O)OCc1ccccc1. The Labute approximate surface area is 148 Å². The fourth-order valence-corrected chi connectivity index (χ4v) is 1.57. The van der Waals surface area contributed by atoms with Gasteiger partial charge in [-0.2, -0.15) is 0 Å². The third-order valence-corrected chi connectivity index (χ3v) is 2.77. The second-order valence-electron chi connectivity index (χ2n) is 4.73. The van der Waals surface area contributed by atoms with Crippen molar-refractivity contribution in [3.05, 3.63) is 71.8 Å². The largest absolute Gasteiger partial charge is 0.473 e. The molecule has 0 radical (unpaired) electrons. The lowest BCUT2D eigenvalue weighted by molar-refractivity contribution is -0.164. The molecule has 8 nitrogen and oxygen atoms in total. The van der Waals surface area contributed by atoms with Gasteiger partial charge in [0.05, 0.1) is 0 Å². The van der Waals surface area contributed by atoms with Crippen molar-refractivity contribution in [1.82, 2.24) is 0 Å². The van der Waals surface area contributed by atoms with E-state index in [1.165, 1.54) is 0 Å². The topological polar surface area (TPSA) is 127 Å². The van der Waals surface area contributed by atoms with Gasteiger partial charge in [-0.05, 0) is 11.1 Å². The number of carboxylic acid groups (broad SMARTS) is 2. The minimum atomic E-state index is -1.57. The van der Waals surface area contributed by atoms with E-state index < -0.39 is 23.9 Å². The van der Waals surface area contributed by atoms with Gasteiger partial charge in [0.15, 0.2) is 0 Å². The Morgan fingerprint density at radius 3 is 1.19 bits per heavy atom. The molecule has 0 fully saturated rings. The molecule has 0 amide bonds. The van der Waals surface area contributed by atoms with Crippen LogP contribution in [0.15, 0.2) is 60.7 Å². The van der Waals surface area contributed by atoms with Gasteiger partial charge in [-0.1, -0.05) is 60.7 Å². The summed E-state index contributed by atoms with van der Waals surface area (Å²) in [6.45, 7) is -0.0159. The van der Waals surface area contributed by atoms with Crippen LogP contribution in [0.5, 0.6) is 0 Å².